The van der Waals surface area contributed by atoms with E-state index in [1.54, 1.807) is 0 Å². The van der Waals surface area contributed by atoms with E-state index in [2.05, 4.69) is 51.0 Å². The molecule has 1 spiro atoms. The number of aromatic amines is 1. The molecule has 3 fully saturated rings. The highest BCUT2D eigenvalue weighted by Gasteiger charge is 2.57. The number of fused-ring (bicyclic) bond motifs is 2. The van der Waals surface area contributed by atoms with Gasteiger partial charge in [0.15, 0.2) is 5.69 Å². The van der Waals surface area contributed by atoms with Crippen molar-refractivity contribution in [3.05, 3.63) is 52.0 Å². The minimum atomic E-state index is 0. The van der Waals surface area contributed by atoms with E-state index in [0.29, 0.717) is 23.8 Å². The van der Waals surface area contributed by atoms with Gasteiger partial charge in [0.1, 0.15) is 5.92 Å². The summed E-state index contributed by atoms with van der Waals surface area (Å²) in [6, 6.07) is 11.5. The number of thiazole rings is 1. The lowest BCUT2D eigenvalue weighted by Crippen LogP contribution is -3.00. The third-order valence-corrected chi connectivity index (χ3v) is 10.6. The Morgan fingerprint density at radius 2 is 1.86 bits per heavy atom. The minimum absolute atomic E-state index is 0. The zero-order valence-electron chi connectivity index (χ0n) is 20.6. The predicted molar refractivity (Wildman–Crippen MR) is 131 cm³/mol. The monoisotopic (exact) mass is 535 g/mol. The summed E-state index contributed by atoms with van der Waals surface area (Å²) in [5.41, 5.74) is 5.09. The quantitative estimate of drug-likeness (QED) is 0.472. The van der Waals surface area contributed by atoms with Crippen molar-refractivity contribution < 1.29 is 39.9 Å². The van der Waals surface area contributed by atoms with Gasteiger partial charge in [-0.1, -0.05) is 60.9 Å². The van der Waals surface area contributed by atoms with Crippen molar-refractivity contribution in [3.63, 3.8) is 0 Å². The molecule has 1 aromatic carbocycles. The van der Waals surface area contributed by atoms with Gasteiger partial charge in [0, 0.05) is 19.0 Å². The molecule has 2 aromatic rings. The molecule has 2 saturated heterocycles. The van der Waals surface area contributed by atoms with Crippen LogP contribution in [0.2, 0.25) is 0 Å². The summed E-state index contributed by atoms with van der Waals surface area (Å²) < 4.78 is 0. The average Bonchev–Trinajstić information content (AvgIpc) is 3.53. The fourth-order valence-corrected chi connectivity index (χ4v) is 8.98. The summed E-state index contributed by atoms with van der Waals surface area (Å²) in [6.07, 6.45) is 12.5. The van der Waals surface area contributed by atoms with Gasteiger partial charge in [-0.3, -0.25) is 4.79 Å². The van der Waals surface area contributed by atoms with E-state index in [0.717, 1.165) is 38.9 Å². The highest BCUT2D eigenvalue weighted by Crippen LogP contribution is 2.47. The van der Waals surface area contributed by atoms with E-state index in [1.807, 2.05) is 11.3 Å². The molecule has 4 aliphatic rings. The van der Waals surface area contributed by atoms with Gasteiger partial charge in [-0.05, 0) is 55.9 Å². The number of carbonyl (C=O) groups is 1. The maximum absolute atomic E-state index is 14.4. The van der Waals surface area contributed by atoms with Crippen LogP contribution in [0.4, 0.5) is 0 Å². The molecular weight excluding hydrogens is 497 g/mol. The summed E-state index contributed by atoms with van der Waals surface area (Å²) >= 11 is 1.87. The van der Waals surface area contributed by atoms with Crippen LogP contribution in [0.25, 0.3) is 0 Å². The van der Waals surface area contributed by atoms with E-state index in [1.165, 1.54) is 61.1 Å². The molecule has 192 valence electrons. The lowest BCUT2D eigenvalue weighted by Gasteiger charge is -2.46. The van der Waals surface area contributed by atoms with Crippen LogP contribution in [0.1, 0.15) is 79.8 Å². The molecule has 35 heavy (non-hydrogen) atoms. The Morgan fingerprint density at radius 1 is 1.06 bits per heavy atom. The maximum Gasteiger partial charge on any atom is 0.232 e. The number of likely N-dealkylation sites (tertiary alicyclic amines) is 1. The fourth-order valence-electron chi connectivity index (χ4n) is 7.80. The molecular formula is C28H39Cl2N3OS. The molecule has 4 nitrogen and oxygen atoms in total. The van der Waals surface area contributed by atoms with Crippen LogP contribution in [0.5, 0.6) is 0 Å². The molecule has 7 heteroatoms. The van der Waals surface area contributed by atoms with E-state index >= 15 is 0 Å². The molecule has 2 aliphatic heterocycles. The normalized spacial score (nSPS) is 30.9. The molecule has 1 aromatic heterocycles. The van der Waals surface area contributed by atoms with Crippen LogP contribution in [-0.2, 0) is 16.6 Å². The van der Waals surface area contributed by atoms with E-state index < -0.39 is 0 Å². The number of amides is 1. The zero-order chi connectivity index (χ0) is 22.3. The zero-order valence-corrected chi connectivity index (χ0v) is 22.9. The summed E-state index contributed by atoms with van der Waals surface area (Å²) in [4.78, 5) is 21.8. The first kappa shape index (κ1) is 26.9. The standard InChI is InChI=1S/C28H37N3OS.2ClH/c32-27(23-17-29-18-28(23)14-7-12-24-26(28)33-19-30-24)31-15-13-22(20-8-3-1-4-9-20)16-25(31)21-10-5-2-6-11-21;;/h1,3-4,8-9,19,21-23,25,29H,2,5-7,10-18H2;2*1H/t22-,23+,25+,28-;;/m1../s1. The number of hydrogen-bond acceptors (Lipinski definition) is 2. The van der Waals surface area contributed by atoms with Gasteiger partial charge in [0.05, 0.1) is 23.4 Å². The smallest absolute Gasteiger partial charge is 0.232 e. The number of carbonyl (C=O) groups excluding carboxylic acids is 1. The second-order valence-corrected chi connectivity index (χ2v) is 12.0. The van der Waals surface area contributed by atoms with Gasteiger partial charge in [-0.15, -0.1) is 0 Å². The summed E-state index contributed by atoms with van der Waals surface area (Å²) in [7, 11) is 0. The number of aryl methyl sites for hydroxylation is 1. The first-order chi connectivity index (χ1) is 16.3. The van der Waals surface area contributed by atoms with Gasteiger partial charge >= 0.3 is 0 Å². The SMILES string of the molecule is O=C([C@@H]1C[NH2+]C[C@]12CCCc1[nH+]csc12)N1CC[C@@H](c2ccccc2)C[C@H]1C1CCCCC1.[Cl-].[Cl-]. The Balaban J connectivity index is 0.00000144. The van der Waals surface area contributed by atoms with E-state index in [9.17, 15) is 4.79 Å². The molecule has 3 heterocycles. The van der Waals surface area contributed by atoms with Gasteiger partial charge in [0.2, 0.25) is 11.4 Å². The number of nitrogens with zero attached hydrogens (tertiary/aromatic N) is 1. The molecule has 1 amide bonds. The average molecular weight is 537 g/mol. The van der Waals surface area contributed by atoms with Crippen molar-refractivity contribution in [2.45, 2.75) is 81.6 Å². The van der Waals surface area contributed by atoms with Crippen molar-refractivity contribution in [2.75, 3.05) is 19.6 Å². The number of aromatic nitrogens is 1. The Labute approximate surface area is 226 Å². The highest BCUT2D eigenvalue weighted by molar-refractivity contribution is 7.09. The number of benzene rings is 1. The summed E-state index contributed by atoms with van der Waals surface area (Å²) in [6.45, 7) is 2.99. The lowest BCUT2D eigenvalue weighted by molar-refractivity contribution is -0.640. The molecule has 4 atom stereocenters. The molecule has 6 rings (SSSR count). The van der Waals surface area contributed by atoms with E-state index in [-0.39, 0.29) is 36.1 Å². The van der Waals surface area contributed by atoms with Crippen LogP contribution in [0, 0.1) is 11.8 Å². The molecule has 0 bridgehead atoms. The second-order valence-electron chi connectivity index (χ2n) is 11.1. The van der Waals surface area contributed by atoms with Gasteiger partial charge in [-0.2, -0.15) is 0 Å². The van der Waals surface area contributed by atoms with Crippen LogP contribution in [-0.4, -0.2) is 36.5 Å². The van der Waals surface area contributed by atoms with Crippen molar-refractivity contribution >= 4 is 17.2 Å². The predicted octanol–water partition coefficient (Wildman–Crippen LogP) is -2.31. The van der Waals surface area contributed by atoms with Crippen molar-refractivity contribution in [1.29, 1.82) is 0 Å². The molecule has 1 saturated carbocycles. The van der Waals surface area contributed by atoms with Crippen LogP contribution in [0.15, 0.2) is 35.8 Å². The maximum atomic E-state index is 14.4. The topological polar surface area (TPSA) is 51.1 Å². The fraction of sp³-hybridized carbons (Fsp3) is 0.643. The Hall–Kier alpha value is -1.14. The molecule has 0 unspecified atom stereocenters. The Kier molecular flexibility index (Phi) is 8.84. The lowest BCUT2D eigenvalue weighted by atomic mass is 9.68. The van der Waals surface area contributed by atoms with Crippen LogP contribution < -0.4 is 35.1 Å². The number of quaternary nitrogens is 1. The van der Waals surface area contributed by atoms with Gasteiger partial charge in [0.25, 0.3) is 0 Å². The number of rotatable bonds is 3. The summed E-state index contributed by atoms with van der Waals surface area (Å²) in [5, 5.41) is 2.43. The second kappa shape index (κ2) is 11.5. The van der Waals surface area contributed by atoms with E-state index in [4.69, 9.17) is 0 Å². The first-order valence-corrected chi connectivity index (χ1v) is 14.3. The van der Waals surface area contributed by atoms with Gasteiger partial charge in [-0.25, -0.2) is 4.98 Å². The first-order valence-electron chi connectivity index (χ1n) is 13.4. The van der Waals surface area contributed by atoms with Crippen LogP contribution in [0.3, 0.4) is 0 Å². The number of nitrogens with one attached hydrogen (secondary N) is 1. The van der Waals surface area contributed by atoms with Crippen molar-refractivity contribution in [2.24, 2.45) is 11.8 Å². The largest absolute Gasteiger partial charge is 1.00 e. The number of halogens is 2. The number of hydrogen-bond donors (Lipinski definition) is 1. The van der Waals surface area contributed by atoms with Gasteiger partial charge < -0.3 is 35.0 Å². The van der Waals surface area contributed by atoms with Crippen molar-refractivity contribution in [3.8, 4) is 0 Å². The number of H-pyrrole nitrogens is 1. The highest BCUT2D eigenvalue weighted by atomic mass is 35.5. The minimum Gasteiger partial charge on any atom is -1.00 e. The third-order valence-electron chi connectivity index (χ3n) is 9.45. The Morgan fingerprint density at radius 3 is 2.66 bits per heavy atom. The third kappa shape index (κ3) is 4.91. The number of nitrogens with two attached hydrogens (primary N) is 1. The molecule has 2 aliphatic carbocycles. The Bertz CT molecular complexity index is 980. The molecule has 0 radical (unpaired) electrons. The van der Waals surface area contributed by atoms with Crippen LogP contribution >= 0.6 is 11.3 Å². The molecule has 3 N–H and O–H groups in total. The summed E-state index contributed by atoms with van der Waals surface area (Å²) in [5.74, 6) is 1.90. The van der Waals surface area contributed by atoms with Crippen molar-refractivity contribution in [1.82, 2.24) is 4.90 Å². The number of piperidine rings is 1.